The van der Waals surface area contributed by atoms with E-state index in [0.717, 1.165) is 13.8 Å². The van der Waals surface area contributed by atoms with Crippen LogP contribution >= 0.6 is 0 Å². The Labute approximate surface area is 161 Å². The van der Waals surface area contributed by atoms with Crippen LogP contribution in [0, 0.1) is 17.3 Å². The first-order valence-corrected chi connectivity index (χ1v) is 8.23. The number of benzene rings is 1. The number of hydrogen-bond acceptors (Lipinski definition) is 1. The van der Waals surface area contributed by atoms with Gasteiger partial charge >= 0.3 is 23.9 Å². The topological polar surface area (TPSA) is 17.1 Å². The maximum atomic E-state index is 14.1. The molecule has 1 aromatic rings. The number of hydrogen-bond donors (Lipinski definition) is 0. The summed E-state index contributed by atoms with van der Waals surface area (Å²) in [7, 11) is 0. The normalized spacial score (nSPS) is 15.3. The molecule has 0 spiro atoms. The number of rotatable bonds is 7. The molecule has 162 valence electrons. The molecule has 10 heteroatoms. The van der Waals surface area contributed by atoms with Crippen LogP contribution in [0.25, 0.3) is 0 Å². The molecule has 0 amide bonds. The van der Waals surface area contributed by atoms with E-state index in [1.807, 2.05) is 0 Å². The molecule has 0 N–H and O–H groups in total. The minimum atomic E-state index is -6.96. The molecule has 1 aromatic carbocycles. The molecule has 0 aliphatic carbocycles. The van der Waals surface area contributed by atoms with Crippen LogP contribution < -0.4 is 0 Å². The van der Waals surface area contributed by atoms with Crippen molar-refractivity contribution in [2.45, 2.75) is 57.1 Å². The van der Waals surface area contributed by atoms with Crippen molar-refractivity contribution < 1.29 is 44.3 Å². The van der Waals surface area contributed by atoms with E-state index in [1.54, 1.807) is 6.07 Å². The van der Waals surface area contributed by atoms with Crippen LogP contribution in [0.1, 0.15) is 38.7 Å². The van der Waals surface area contributed by atoms with Gasteiger partial charge < -0.3 is 4.79 Å². The second-order valence-corrected chi connectivity index (χ2v) is 6.91. The van der Waals surface area contributed by atoms with Crippen molar-refractivity contribution in [2.75, 3.05) is 0 Å². The first-order valence-electron chi connectivity index (χ1n) is 8.23. The summed E-state index contributed by atoms with van der Waals surface area (Å²) in [4.78, 5) is 11.2. The summed E-state index contributed by atoms with van der Waals surface area (Å²) >= 11 is 0. The zero-order valence-electron chi connectivity index (χ0n) is 15.3. The van der Waals surface area contributed by atoms with Gasteiger partial charge in [-0.1, -0.05) is 30.0 Å². The fraction of sp³-hybridized carbons (Fsp3) is 0.526. The van der Waals surface area contributed by atoms with Crippen LogP contribution in [0.2, 0.25) is 0 Å². The van der Waals surface area contributed by atoms with Crippen LogP contribution in [0.15, 0.2) is 30.3 Å². The summed E-state index contributed by atoms with van der Waals surface area (Å²) in [5.74, 6) is -15.3. The number of ketones is 1. The molecule has 1 nitrogen and oxygen atoms in total. The maximum absolute atomic E-state index is 14.1. The Bertz CT molecular complexity index is 772. The van der Waals surface area contributed by atoms with Crippen molar-refractivity contribution in [3.05, 3.63) is 35.9 Å². The SMILES string of the molecule is CC(=O)CC[C@@](C)(C#Cc1ccccc1)CC(F)(F)C(F)(F)C(F)(F)C(F)(F)F. The smallest absolute Gasteiger partial charge is 0.300 e. The van der Waals surface area contributed by atoms with Gasteiger partial charge in [0.15, 0.2) is 0 Å². The van der Waals surface area contributed by atoms with Gasteiger partial charge in [-0.3, -0.25) is 0 Å². The van der Waals surface area contributed by atoms with E-state index < -0.39 is 54.4 Å². The summed E-state index contributed by atoms with van der Waals surface area (Å²) in [6.07, 6.45) is -9.93. The first kappa shape index (κ1) is 24.9. The molecule has 0 aromatic heterocycles. The molecule has 0 radical (unpaired) electrons. The molecule has 0 aliphatic rings. The second kappa shape index (κ2) is 8.28. The van der Waals surface area contributed by atoms with Gasteiger partial charge in [0.25, 0.3) is 0 Å². The van der Waals surface area contributed by atoms with Crippen molar-refractivity contribution in [1.29, 1.82) is 0 Å². The zero-order chi connectivity index (χ0) is 22.7. The molecule has 0 heterocycles. The third-order valence-corrected chi connectivity index (χ3v) is 4.13. The van der Waals surface area contributed by atoms with Crippen molar-refractivity contribution in [3.63, 3.8) is 0 Å². The van der Waals surface area contributed by atoms with E-state index in [4.69, 9.17) is 0 Å². The molecule has 29 heavy (non-hydrogen) atoms. The Morgan fingerprint density at radius 1 is 0.897 bits per heavy atom. The largest absolute Gasteiger partial charge is 0.460 e. The molecule has 1 atom stereocenters. The number of alkyl halides is 9. The van der Waals surface area contributed by atoms with E-state index in [0.29, 0.717) is 0 Å². The fourth-order valence-corrected chi connectivity index (χ4v) is 2.40. The highest BCUT2D eigenvalue weighted by molar-refractivity contribution is 5.75. The lowest BCUT2D eigenvalue weighted by Crippen LogP contribution is -2.61. The standard InChI is InChI=1S/C19H17F9O/c1-13(29)8-10-15(2,11-9-14-6-4-3-5-7-14)12-16(20,21)17(22,23)18(24,25)19(26,27)28/h3-7H,8,10,12H2,1-2H3/t15-/m0/s1. The van der Waals surface area contributed by atoms with Gasteiger partial charge in [-0.15, -0.1) is 0 Å². The van der Waals surface area contributed by atoms with E-state index in [9.17, 15) is 44.3 Å². The first-order chi connectivity index (χ1) is 13.0. The molecule has 0 unspecified atom stereocenters. The van der Waals surface area contributed by atoms with E-state index in [-0.39, 0.29) is 5.56 Å². The van der Waals surface area contributed by atoms with Crippen LogP contribution in [0.3, 0.4) is 0 Å². The van der Waals surface area contributed by atoms with Gasteiger partial charge in [0.1, 0.15) is 5.78 Å². The highest BCUT2D eigenvalue weighted by atomic mass is 19.4. The monoisotopic (exact) mass is 432 g/mol. The Morgan fingerprint density at radius 2 is 1.41 bits per heavy atom. The molecular weight excluding hydrogens is 415 g/mol. The van der Waals surface area contributed by atoms with Crippen LogP contribution in [-0.4, -0.2) is 29.7 Å². The molecule has 1 rings (SSSR count). The average Bonchev–Trinajstić information content (AvgIpc) is 2.57. The minimum Gasteiger partial charge on any atom is -0.300 e. The Kier molecular flexibility index (Phi) is 7.10. The quantitative estimate of drug-likeness (QED) is 0.367. The van der Waals surface area contributed by atoms with Crippen LogP contribution in [-0.2, 0) is 4.79 Å². The van der Waals surface area contributed by atoms with E-state index in [2.05, 4.69) is 11.8 Å². The summed E-state index contributed by atoms with van der Waals surface area (Å²) in [5.41, 5.74) is -1.87. The Morgan fingerprint density at radius 3 is 1.86 bits per heavy atom. The predicted molar refractivity (Wildman–Crippen MR) is 86.9 cm³/mol. The number of Topliss-reactive ketones (excluding diaryl/α,β-unsaturated/α-hetero) is 1. The van der Waals surface area contributed by atoms with Gasteiger partial charge in [0.05, 0.1) is 0 Å². The zero-order valence-corrected chi connectivity index (χ0v) is 15.3. The van der Waals surface area contributed by atoms with Gasteiger partial charge in [-0.2, -0.15) is 39.5 Å². The minimum absolute atomic E-state index is 0.275. The highest BCUT2D eigenvalue weighted by Gasteiger charge is 2.81. The lowest BCUT2D eigenvalue weighted by Gasteiger charge is -2.37. The molecular formula is C19H17F9O. The summed E-state index contributed by atoms with van der Waals surface area (Å²) in [6, 6.07) is 7.56. The Balaban J connectivity index is 3.33. The molecule has 0 aliphatic heterocycles. The number of carbonyl (C=O) groups is 1. The average molecular weight is 432 g/mol. The van der Waals surface area contributed by atoms with Crippen molar-refractivity contribution in [1.82, 2.24) is 0 Å². The van der Waals surface area contributed by atoms with Crippen LogP contribution in [0.4, 0.5) is 39.5 Å². The van der Waals surface area contributed by atoms with Gasteiger partial charge in [0.2, 0.25) is 0 Å². The lowest BCUT2D eigenvalue weighted by atomic mass is 9.77. The molecule has 0 saturated carbocycles. The van der Waals surface area contributed by atoms with Crippen LogP contribution in [0.5, 0.6) is 0 Å². The highest BCUT2D eigenvalue weighted by Crippen LogP contribution is 2.56. The molecule has 0 bridgehead atoms. The van der Waals surface area contributed by atoms with E-state index in [1.165, 1.54) is 24.3 Å². The van der Waals surface area contributed by atoms with Gasteiger partial charge in [-0.05, 0) is 32.4 Å². The van der Waals surface area contributed by atoms with Crippen molar-refractivity contribution in [3.8, 4) is 11.8 Å². The molecule has 0 saturated heterocycles. The third-order valence-electron chi connectivity index (χ3n) is 4.13. The number of carbonyl (C=O) groups excluding carboxylic acids is 1. The fourth-order valence-electron chi connectivity index (χ4n) is 2.40. The van der Waals surface area contributed by atoms with Crippen molar-refractivity contribution >= 4 is 5.78 Å². The summed E-state index contributed by atoms with van der Waals surface area (Å²) in [5, 5.41) is 0. The third kappa shape index (κ3) is 5.67. The van der Waals surface area contributed by atoms with Gasteiger partial charge in [-0.25, -0.2) is 0 Å². The summed E-state index contributed by atoms with van der Waals surface area (Å²) in [6.45, 7) is 1.98. The second-order valence-electron chi connectivity index (χ2n) is 6.91. The summed E-state index contributed by atoms with van der Waals surface area (Å²) < 4.78 is 118. The number of halogens is 9. The molecule has 0 fully saturated rings. The van der Waals surface area contributed by atoms with Crippen molar-refractivity contribution in [2.24, 2.45) is 5.41 Å². The van der Waals surface area contributed by atoms with E-state index >= 15 is 0 Å². The predicted octanol–water partition coefficient (Wildman–Crippen LogP) is 6.27. The Hall–Kier alpha value is -2.18. The maximum Gasteiger partial charge on any atom is 0.460 e. The van der Waals surface area contributed by atoms with Gasteiger partial charge in [0, 0.05) is 23.8 Å². The lowest BCUT2D eigenvalue weighted by molar-refractivity contribution is -0.398.